The molecule has 1 N–H and O–H groups in total. The van der Waals surface area contributed by atoms with Gasteiger partial charge in [0.1, 0.15) is 11.3 Å². The van der Waals surface area contributed by atoms with Gasteiger partial charge in [-0.2, -0.15) is 10.1 Å². The third-order valence-electron chi connectivity index (χ3n) is 4.99. The number of carbonyl (C=O) groups excluding carboxylic acids is 2. The van der Waals surface area contributed by atoms with Crippen LogP contribution < -0.4 is 10.2 Å². The van der Waals surface area contributed by atoms with Crippen molar-refractivity contribution in [1.82, 2.24) is 24.4 Å². The van der Waals surface area contributed by atoms with E-state index in [2.05, 4.69) is 25.4 Å². The lowest BCUT2D eigenvalue weighted by molar-refractivity contribution is 0.0523. The Kier molecular flexibility index (Phi) is 5.36. The molecule has 1 amide bonds. The van der Waals surface area contributed by atoms with Crippen LogP contribution in [0.1, 0.15) is 34.2 Å². The van der Waals surface area contributed by atoms with Gasteiger partial charge in [0.2, 0.25) is 5.95 Å². The standard InChI is InChI=1S/C19H23N7O4/c1-4-30-18(28)14-9-20-24(2)16(14)17(27)21-12-5-6-15-22-19(23-26(15)10-12)25-8-7-13(11-25)29-3/h5-6,9-10,13H,4,7-8,11H2,1-3H3,(H,21,27). The number of aryl methyl sites for hydroxylation is 1. The number of hydrogen-bond donors (Lipinski definition) is 1. The van der Waals surface area contributed by atoms with Gasteiger partial charge in [-0.15, -0.1) is 5.10 Å². The summed E-state index contributed by atoms with van der Waals surface area (Å²) in [5.41, 5.74) is 1.41. The molecule has 1 fully saturated rings. The molecule has 30 heavy (non-hydrogen) atoms. The maximum Gasteiger partial charge on any atom is 0.342 e. The zero-order valence-electron chi connectivity index (χ0n) is 17.0. The number of nitrogens with zero attached hydrogens (tertiary/aromatic N) is 6. The molecule has 0 aromatic carbocycles. The van der Waals surface area contributed by atoms with Gasteiger partial charge in [-0.05, 0) is 25.5 Å². The van der Waals surface area contributed by atoms with E-state index < -0.39 is 11.9 Å². The number of nitrogens with one attached hydrogen (secondary N) is 1. The highest BCUT2D eigenvalue weighted by Gasteiger charge is 2.26. The van der Waals surface area contributed by atoms with Gasteiger partial charge < -0.3 is 19.7 Å². The molecular formula is C19H23N7O4. The van der Waals surface area contributed by atoms with E-state index in [1.165, 1.54) is 10.9 Å². The second kappa shape index (κ2) is 8.11. The zero-order valence-corrected chi connectivity index (χ0v) is 17.0. The number of anilines is 2. The topological polar surface area (TPSA) is 116 Å². The van der Waals surface area contributed by atoms with Gasteiger partial charge in [-0.1, -0.05) is 0 Å². The van der Waals surface area contributed by atoms with Crippen molar-refractivity contribution in [2.24, 2.45) is 7.05 Å². The number of aromatic nitrogens is 5. The number of amides is 1. The summed E-state index contributed by atoms with van der Waals surface area (Å²) in [6.45, 7) is 3.49. The Morgan fingerprint density at radius 3 is 2.90 bits per heavy atom. The third-order valence-corrected chi connectivity index (χ3v) is 4.99. The van der Waals surface area contributed by atoms with Gasteiger partial charge in [-0.25, -0.2) is 9.31 Å². The lowest BCUT2D eigenvalue weighted by Crippen LogP contribution is -2.23. The molecule has 4 heterocycles. The monoisotopic (exact) mass is 413 g/mol. The Hall–Kier alpha value is -3.47. The van der Waals surface area contributed by atoms with Crippen LogP contribution in [0, 0.1) is 0 Å². The lowest BCUT2D eigenvalue weighted by Gasteiger charge is -2.12. The molecule has 4 rings (SSSR count). The SMILES string of the molecule is CCOC(=O)c1cnn(C)c1C(=O)Nc1ccc2nc(N3CCC(OC)C3)nn2c1. The van der Waals surface area contributed by atoms with Gasteiger partial charge in [0, 0.05) is 27.2 Å². The minimum Gasteiger partial charge on any atom is -0.462 e. The molecule has 0 radical (unpaired) electrons. The lowest BCUT2D eigenvalue weighted by atomic mass is 10.2. The van der Waals surface area contributed by atoms with E-state index in [-0.39, 0.29) is 24.0 Å². The van der Waals surface area contributed by atoms with E-state index in [0.29, 0.717) is 17.3 Å². The predicted octanol–water partition coefficient (Wildman–Crippen LogP) is 1.12. The van der Waals surface area contributed by atoms with Crippen LogP contribution in [-0.2, 0) is 16.5 Å². The predicted molar refractivity (Wildman–Crippen MR) is 108 cm³/mol. The first-order valence-corrected chi connectivity index (χ1v) is 9.64. The maximum absolute atomic E-state index is 12.8. The van der Waals surface area contributed by atoms with E-state index >= 15 is 0 Å². The fourth-order valence-electron chi connectivity index (χ4n) is 3.44. The number of pyridine rings is 1. The van der Waals surface area contributed by atoms with Crippen molar-refractivity contribution < 1.29 is 19.1 Å². The molecule has 3 aromatic rings. The molecular weight excluding hydrogens is 390 g/mol. The molecule has 0 spiro atoms. The van der Waals surface area contributed by atoms with Crippen molar-refractivity contribution in [3.63, 3.8) is 0 Å². The Balaban J connectivity index is 1.54. The van der Waals surface area contributed by atoms with Crippen molar-refractivity contribution in [2.75, 3.05) is 37.0 Å². The normalized spacial score (nSPS) is 16.2. The highest BCUT2D eigenvalue weighted by molar-refractivity contribution is 6.09. The van der Waals surface area contributed by atoms with Crippen molar-refractivity contribution in [3.05, 3.63) is 35.8 Å². The summed E-state index contributed by atoms with van der Waals surface area (Å²) in [5, 5.41) is 11.3. The van der Waals surface area contributed by atoms with E-state index in [4.69, 9.17) is 9.47 Å². The quantitative estimate of drug-likeness (QED) is 0.598. The first-order valence-electron chi connectivity index (χ1n) is 9.64. The molecule has 0 saturated carbocycles. The van der Waals surface area contributed by atoms with Crippen LogP contribution in [0.15, 0.2) is 24.5 Å². The number of fused-ring (bicyclic) bond motifs is 1. The van der Waals surface area contributed by atoms with E-state index in [9.17, 15) is 9.59 Å². The van der Waals surface area contributed by atoms with Crippen LogP contribution in [0.3, 0.4) is 0 Å². The molecule has 11 nitrogen and oxygen atoms in total. The fraction of sp³-hybridized carbons (Fsp3) is 0.421. The van der Waals surface area contributed by atoms with Crippen molar-refractivity contribution >= 4 is 29.2 Å². The summed E-state index contributed by atoms with van der Waals surface area (Å²) in [4.78, 5) is 31.5. The molecule has 1 unspecified atom stereocenters. The summed E-state index contributed by atoms with van der Waals surface area (Å²) in [6.07, 6.45) is 4.11. The van der Waals surface area contributed by atoms with Crippen LogP contribution in [0.2, 0.25) is 0 Å². The van der Waals surface area contributed by atoms with Gasteiger partial charge in [0.05, 0.1) is 30.8 Å². The van der Waals surface area contributed by atoms with Gasteiger partial charge >= 0.3 is 5.97 Å². The summed E-state index contributed by atoms with van der Waals surface area (Å²) in [7, 11) is 3.30. The molecule has 1 saturated heterocycles. The minimum atomic E-state index is -0.591. The first kappa shape index (κ1) is 19.8. The maximum atomic E-state index is 12.8. The number of hydrogen-bond acceptors (Lipinski definition) is 8. The Morgan fingerprint density at radius 2 is 2.17 bits per heavy atom. The van der Waals surface area contributed by atoms with Crippen LogP contribution in [0.5, 0.6) is 0 Å². The van der Waals surface area contributed by atoms with Crippen LogP contribution in [0.25, 0.3) is 5.65 Å². The number of methoxy groups -OCH3 is 1. The number of esters is 1. The average Bonchev–Trinajstić information content (AvgIpc) is 3.45. The Bertz CT molecular complexity index is 1090. The second-order valence-electron chi connectivity index (χ2n) is 6.93. The minimum absolute atomic E-state index is 0.114. The van der Waals surface area contributed by atoms with Crippen molar-refractivity contribution in [1.29, 1.82) is 0 Å². The number of rotatable bonds is 6. The molecule has 0 bridgehead atoms. The number of carbonyl (C=O) groups is 2. The summed E-state index contributed by atoms with van der Waals surface area (Å²) in [6, 6.07) is 3.50. The zero-order chi connectivity index (χ0) is 21.3. The fourth-order valence-corrected chi connectivity index (χ4v) is 3.44. The Morgan fingerprint density at radius 1 is 1.33 bits per heavy atom. The van der Waals surface area contributed by atoms with Gasteiger partial charge in [-0.3, -0.25) is 9.48 Å². The number of ether oxygens (including phenoxy) is 2. The van der Waals surface area contributed by atoms with Crippen LogP contribution in [-0.4, -0.2) is 69.2 Å². The largest absolute Gasteiger partial charge is 0.462 e. The molecule has 0 aliphatic carbocycles. The molecule has 3 aromatic heterocycles. The van der Waals surface area contributed by atoms with E-state index in [1.807, 2.05) is 0 Å². The van der Waals surface area contributed by atoms with Crippen LogP contribution in [0.4, 0.5) is 11.6 Å². The second-order valence-corrected chi connectivity index (χ2v) is 6.93. The van der Waals surface area contributed by atoms with Crippen LogP contribution >= 0.6 is 0 Å². The molecule has 1 atom stereocenters. The van der Waals surface area contributed by atoms with Gasteiger partial charge in [0.15, 0.2) is 5.65 Å². The summed E-state index contributed by atoms with van der Waals surface area (Å²) in [5.74, 6) is -0.443. The average molecular weight is 413 g/mol. The highest BCUT2D eigenvalue weighted by atomic mass is 16.5. The van der Waals surface area contributed by atoms with Gasteiger partial charge in [0.25, 0.3) is 5.91 Å². The first-order chi connectivity index (χ1) is 14.5. The third kappa shape index (κ3) is 3.71. The smallest absolute Gasteiger partial charge is 0.342 e. The van der Waals surface area contributed by atoms with E-state index in [0.717, 1.165) is 19.5 Å². The summed E-state index contributed by atoms with van der Waals surface area (Å²) < 4.78 is 13.3. The molecule has 1 aliphatic heterocycles. The van der Waals surface area contributed by atoms with E-state index in [1.54, 1.807) is 43.9 Å². The van der Waals surface area contributed by atoms with Crippen molar-refractivity contribution in [3.8, 4) is 0 Å². The summed E-state index contributed by atoms with van der Waals surface area (Å²) >= 11 is 0. The van der Waals surface area contributed by atoms with Crippen molar-refractivity contribution in [2.45, 2.75) is 19.4 Å². The molecule has 1 aliphatic rings. The highest BCUT2D eigenvalue weighted by Crippen LogP contribution is 2.20. The molecule has 11 heteroatoms. The molecule has 158 valence electrons. The Labute approximate surface area is 172 Å².